The zero-order valence-electron chi connectivity index (χ0n) is 15.3. The molecular formula is C22H19F3O3. The van der Waals surface area contributed by atoms with Crippen LogP contribution in [0.1, 0.15) is 29.8 Å². The summed E-state index contributed by atoms with van der Waals surface area (Å²) >= 11 is 0. The molecule has 0 aromatic heterocycles. The summed E-state index contributed by atoms with van der Waals surface area (Å²) in [5.74, 6) is -0.297. The molecule has 0 aliphatic carbocycles. The van der Waals surface area contributed by atoms with Gasteiger partial charge >= 0.3 is 12.1 Å². The van der Waals surface area contributed by atoms with E-state index in [4.69, 9.17) is 9.84 Å². The molecular weight excluding hydrogens is 369 g/mol. The van der Waals surface area contributed by atoms with Crippen molar-refractivity contribution in [3.63, 3.8) is 0 Å². The third-order valence-corrected chi connectivity index (χ3v) is 3.74. The fourth-order valence-corrected chi connectivity index (χ4v) is 2.43. The van der Waals surface area contributed by atoms with E-state index >= 15 is 0 Å². The Bertz CT molecular complexity index is 915. The summed E-state index contributed by atoms with van der Waals surface area (Å²) in [4.78, 5) is 11.0. The molecule has 0 spiro atoms. The lowest BCUT2D eigenvalue weighted by Gasteiger charge is -2.12. The maximum absolute atomic E-state index is 12.6. The number of carboxylic acid groups (broad SMARTS) is 1. The van der Waals surface area contributed by atoms with E-state index in [-0.39, 0.29) is 11.3 Å². The summed E-state index contributed by atoms with van der Waals surface area (Å²) in [6.07, 6.45) is -4.40. The first-order valence-electron chi connectivity index (χ1n) is 8.62. The monoisotopic (exact) mass is 388 g/mol. The number of hydrogen-bond acceptors (Lipinski definition) is 2. The molecule has 0 unspecified atom stereocenters. The van der Waals surface area contributed by atoms with Gasteiger partial charge in [0.05, 0.1) is 11.1 Å². The van der Waals surface area contributed by atoms with Crippen molar-refractivity contribution < 1.29 is 27.8 Å². The van der Waals surface area contributed by atoms with Gasteiger partial charge in [0.2, 0.25) is 0 Å². The molecule has 0 heterocycles. The lowest BCUT2D eigenvalue weighted by atomic mass is 10.0. The predicted octanol–water partition coefficient (Wildman–Crippen LogP) is 6.89. The van der Waals surface area contributed by atoms with Gasteiger partial charge in [0.15, 0.2) is 0 Å². The zero-order valence-corrected chi connectivity index (χ0v) is 15.3. The second kappa shape index (κ2) is 9.08. The number of aromatic carboxylic acids is 1. The lowest BCUT2D eigenvalue weighted by Crippen LogP contribution is -2.04. The molecule has 0 atom stereocenters. The topological polar surface area (TPSA) is 46.5 Å². The summed E-state index contributed by atoms with van der Waals surface area (Å²) in [6, 6.07) is 17.7. The number of carboxylic acids is 1. The summed E-state index contributed by atoms with van der Waals surface area (Å²) in [5, 5.41) is 8.97. The maximum Gasteiger partial charge on any atom is 0.416 e. The molecule has 1 N–H and O–H groups in total. The summed E-state index contributed by atoms with van der Waals surface area (Å²) in [5.41, 5.74) is 0.846. The third kappa shape index (κ3) is 5.13. The Labute approximate surface area is 161 Å². The molecule has 0 amide bonds. The van der Waals surface area contributed by atoms with Gasteiger partial charge in [-0.15, -0.1) is 0 Å². The first kappa shape index (κ1) is 21.0. The van der Waals surface area contributed by atoms with E-state index in [9.17, 15) is 18.0 Å². The minimum Gasteiger partial charge on any atom is -0.478 e. The largest absolute Gasteiger partial charge is 0.478 e. The van der Waals surface area contributed by atoms with Crippen LogP contribution >= 0.6 is 0 Å². The van der Waals surface area contributed by atoms with Gasteiger partial charge < -0.3 is 9.84 Å². The molecule has 28 heavy (non-hydrogen) atoms. The fourth-order valence-electron chi connectivity index (χ4n) is 2.43. The Balaban J connectivity index is 0.00000136. The summed E-state index contributed by atoms with van der Waals surface area (Å²) in [7, 11) is 0. The second-order valence-corrected chi connectivity index (χ2v) is 5.50. The van der Waals surface area contributed by atoms with Crippen molar-refractivity contribution in [2.45, 2.75) is 20.0 Å². The predicted molar refractivity (Wildman–Crippen MR) is 102 cm³/mol. The van der Waals surface area contributed by atoms with Gasteiger partial charge in [-0.2, -0.15) is 13.2 Å². The van der Waals surface area contributed by atoms with E-state index in [1.807, 2.05) is 13.8 Å². The van der Waals surface area contributed by atoms with Crippen molar-refractivity contribution in [3.05, 3.63) is 83.9 Å². The van der Waals surface area contributed by atoms with Crippen molar-refractivity contribution in [3.8, 4) is 22.6 Å². The number of benzene rings is 3. The van der Waals surface area contributed by atoms with E-state index in [1.54, 1.807) is 36.4 Å². The number of rotatable bonds is 4. The molecule has 3 nitrogen and oxygen atoms in total. The van der Waals surface area contributed by atoms with E-state index in [0.717, 1.165) is 17.7 Å². The molecule has 3 aromatic rings. The summed E-state index contributed by atoms with van der Waals surface area (Å²) < 4.78 is 43.6. The molecule has 0 aliphatic rings. The average molecular weight is 388 g/mol. The molecule has 0 radical (unpaired) electrons. The number of carbonyl (C=O) groups is 1. The number of para-hydroxylation sites is 1. The quantitative estimate of drug-likeness (QED) is 0.529. The average Bonchev–Trinajstić information content (AvgIpc) is 2.70. The van der Waals surface area contributed by atoms with Gasteiger partial charge in [-0.1, -0.05) is 44.2 Å². The van der Waals surface area contributed by atoms with E-state index in [2.05, 4.69) is 0 Å². The van der Waals surface area contributed by atoms with Crippen molar-refractivity contribution >= 4 is 5.97 Å². The van der Waals surface area contributed by atoms with E-state index in [1.165, 1.54) is 24.3 Å². The highest BCUT2D eigenvalue weighted by atomic mass is 19.4. The van der Waals surface area contributed by atoms with Crippen molar-refractivity contribution in [2.24, 2.45) is 0 Å². The van der Waals surface area contributed by atoms with Gasteiger partial charge in [0.1, 0.15) is 11.5 Å². The van der Waals surface area contributed by atoms with Crippen molar-refractivity contribution in [2.75, 3.05) is 0 Å². The molecule has 0 saturated carbocycles. The van der Waals surface area contributed by atoms with Crippen LogP contribution < -0.4 is 4.74 Å². The SMILES string of the molecule is CC.O=C(O)c1ccc(-c2ccccc2Oc2ccc(C(F)(F)F)cc2)cc1. The Morgan fingerprint density at radius 2 is 1.43 bits per heavy atom. The normalized spacial score (nSPS) is 10.6. The highest BCUT2D eigenvalue weighted by Crippen LogP contribution is 2.35. The second-order valence-electron chi connectivity index (χ2n) is 5.50. The minimum absolute atomic E-state index is 0.162. The van der Waals surface area contributed by atoms with Crippen LogP contribution in [-0.4, -0.2) is 11.1 Å². The van der Waals surface area contributed by atoms with Gasteiger partial charge in [-0.3, -0.25) is 0 Å². The van der Waals surface area contributed by atoms with Crippen LogP contribution in [0.4, 0.5) is 13.2 Å². The zero-order chi connectivity index (χ0) is 20.7. The lowest BCUT2D eigenvalue weighted by molar-refractivity contribution is -0.137. The fraction of sp³-hybridized carbons (Fsp3) is 0.136. The van der Waals surface area contributed by atoms with Crippen LogP contribution in [0.15, 0.2) is 72.8 Å². The van der Waals surface area contributed by atoms with Crippen molar-refractivity contribution in [1.82, 2.24) is 0 Å². The smallest absolute Gasteiger partial charge is 0.416 e. The molecule has 0 aliphatic heterocycles. The molecule has 0 saturated heterocycles. The molecule has 0 bridgehead atoms. The number of hydrogen-bond donors (Lipinski definition) is 1. The van der Waals surface area contributed by atoms with Crippen LogP contribution in [-0.2, 0) is 6.18 Å². The van der Waals surface area contributed by atoms with Crippen LogP contribution in [0, 0.1) is 0 Å². The van der Waals surface area contributed by atoms with Gasteiger partial charge in [-0.25, -0.2) is 4.79 Å². The number of halogens is 3. The molecule has 3 aromatic carbocycles. The van der Waals surface area contributed by atoms with Crippen LogP contribution in [0.2, 0.25) is 0 Å². The Kier molecular flexibility index (Phi) is 6.82. The highest BCUT2D eigenvalue weighted by molar-refractivity contribution is 5.88. The highest BCUT2D eigenvalue weighted by Gasteiger charge is 2.30. The molecule has 6 heteroatoms. The van der Waals surface area contributed by atoms with E-state index < -0.39 is 17.7 Å². The van der Waals surface area contributed by atoms with Gasteiger partial charge in [-0.05, 0) is 48.0 Å². The van der Waals surface area contributed by atoms with Gasteiger partial charge in [0, 0.05) is 5.56 Å². The van der Waals surface area contributed by atoms with E-state index in [0.29, 0.717) is 11.3 Å². The molecule has 0 fully saturated rings. The Morgan fingerprint density at radius 1 is 0.857 bits per heavy atom. The van der Waals surface area contributed by atoms with Crippen LogP contribution in [0.3, 0.4) is 0 Å². The first-order chi connectivity index (χ1) is 13.3. The Hall–Kier alpha value is -3.28. The Morgan fingerprint density at radius 3 is 1.96 bits per heavy atom. The van der Waals surface area contributed by atoms with Crippen LogP contribution in [0.25, 0.3) is 11.1 Å². The standard InChI is InChI=1S/C20H13F3O3.C2H6/c21-20(22,23)15-9-11-16(12-10-15)26-18-4-2-1-3-17(18)13-5-7-14(8-6-13)19(24)25;1-2/h1-12H,(H,24,25);1-2H3. The minimum atomic E-state index is -4.40. The van der Waals surface area contributed by atoms with Crippen LogP contribution in [0.5, 0.6) is 11.5 Å². The molecule has 146 valence electrons. The maximum atomic E-state index is 12.6. The third-order valence-electron chi connectivity index (χ3n) is 3.74. The van der Waals surface area contributed by atoms with Gasteiger partial charge in [0.25, 0.3) is 0 Å². The number of alkyl halides is 3. The number of ether oxygens (including phenoxy) is 1. The summed E-state index contributed by atoms with van der Waals surface area (Å²) in [6.45, 7) is 4.00. The first-order valence-corrected chi connectivity index (χ1v) is 8.62. The van der Waals surface area contributed by atoms with Crippen molar-refractivity contribution in [1.29, 1.82) is 0 Å². The molecule has 3 rings (SSSR count).